The highest BCUT2D eigenvalue weighted by molar-refractivity contribution is 5.50. The van der Waals surface area contributed by atoms with Crippen LogP contribution in [0.2, 0.25) is 0 Å². The van der Waals surface area contributed by atoms with Gasteiger partial charge in [-0.2, -0.15) is 0 Å². The Morgan fingerprint density at radius 3 is 2.42 bits per heavy atom. The first kappa shape index (κ1) is 9.72. The van der Waals surface area contributed by atoms with E-state index in [1.165, 1.54) is 19.3 Å². The Morgan fingerprint density at radius 1 is 1.33 bits per heavy atom. The van der Waals surface area contributed by atoms with Gasteiger partial charge in [0.15, 0.2) is 6.29 Å². The Morgan fingerprint density at radius 2 is 1.92 bits per heavy atom. The van der Waals surface area contributed by atoms with Gasteiger partial charge in [-0.15, -0.1) is 0 Å². The zero-order chi connectivity index (χ0) is 8.97. The minimum Gasteiger partial charge on any atom is -0.298 e. The van der Waals surface area contributed by atoms with E-state index in [4.69, 9.17) is 0 Å². The van der Waals surface area contributed by atoms with Crippen LogP contribution in [0.15, 0.2) is 0 Å². The van der Waals surface area contributed by atoms with Gasteiger partial charge in [-0.05, 0) is 26.7 Å². The van der Waals surface area contributed by atoms with Gasteiger partial charge in [-0.25, -0.2) is 0 Å². The molecule has 1 fully saturated rings. The van der Waals surface area contributed by atoms with Gasteiger partial charge in [0.2, 0.25) is 0 Å². The van der Waals surface area contributed by atoms with Crippen LogP contribution in [-0.4, -0.2) is 29.8 Å². The molecule has 0 aliphatic carbocycles. The maximum atomic E-state index is 10.1. The molecule has 1 aliphatic rings. The van der Waals surface area contributed by atoms with E-state index in [0.29, 0.717) is 18.5 Å². The van der Waals surface area contributed by atoms with Crippen LogP contribution < -0.4 is 0 Å². The lowest BCUT2D eigenvalue weighted by Crippen LogP contribution is -2.44. The monoisotopic (exact) mass is 168 g/mol. The quantitative estimate of drug-likeness (QED) is 0.640. The average molecular weight is 168 g/mol. The fraction of sp³-hybridized carbons (Fsp3) is 0.900. The van der Waals surface area contributed by atoms with Gasteiger partial charge in [0.1, 0.15) is 0 Å². The molecule has 1 rings (SSSR count). The van der Waals surface area contributed by atoms with Crippen LogP contribution in [0, 0.1) is 0 Å². The molecular formula is C10H18NO. The normalized spacial score (nSPS) is 31.8. The van der Waals surface area contributed by atoms with Crippen molar-refractivity contribution in [1.82, 2.24) is 4.90 Å². The van der Waals surface area contributed by atoms with E-state index in [1.807, 2.05) is 6.29 Å². The molecule has 1 radical (unpaired) electrons. The molecule has 2 atom stereocenters. The molecule has 69 valence electrons. The smallest absolute Gasteiger partial charge is 0.199 e. The molecular weight excluding hydrogens is 150 g/mol. The summed E-state index contributed by atoms with van der Waals surface area (Å²) in [6, 6.07) is 1.31. The lowest BCUT2D eigenvalue weighted by Gasteiger charge is -2.38. The molecule has 0 saturated carbocycles. The molecule has 0 spiro atoms. The van der Waals surface area contributed by atoms with Crippen LogP contribution in [-0.2, 0) is 4.79 Å². The highest BCUT2D eigenvalue weighted by atomic mass is 16.1. The summed E-state index contributed by atoms with van der Waals surface area (Å²) in [4.78, 5) is 12.5. The van der Waals surface area contributed by atoms with Crippen molar-refractivity contribution in [2.75, 3.05) is 6.54 Å². The van der Waals surface area contributed by atoms with Crippen LogP contribution >= 0.6 is 0 Å². The second-order valence-electron chi connectivity index (χ2n) is 3.76. The molecule has 1 heterocycles. The summed E-state index contributed by atoms with van der Waals surface area (Å²) >= 11 is 0. The standard InChI is InChI=1S/C10H18NO/c1-9-5-3-6-10(2)11(9)7-4-8-12/h9-10H,3-7H2,1-2H3. The van der Waals surface area contributed by atoms with Gasteiger partial charge in [0.05, 0.1) is 0 Å². The van der Waals surface area contributed by atoms with Crippen LogP contribution in [0.25, 0.3) is 0 Å². The van der Waals surface area contributed by atoms with Gasteiger partial charge in [-0.1, -0.05) is 6.42 Å². The van der Waals surface area contributed by atoms with Crippen LogP contribution in [0.4, 0.5) is 0 Å². The number of nitrogens with zero attached hydrogens (tertiary/aromatic N) is 1. The van der Waals surface area contributed by atoms with Gasteiger partial charge in [0, 0.05) is 25.0 Å². The summed E-state index contributed by atoms with van der Waals surface area (Å²) in [5.74, 6) is 0. The van der Waals surface area contributed by atoms with E-state index in [0.717, 1.165) is 6.54 Å². The Bertz CT molecular complexity index is 137. The molecule has 1 saturated heterocycles. The van der Waals surface area contributed by atoms with Crippen molar-refractivity contribution in [2.24, 2.45) is 0 Å². The zero-order valence-corrected chi connectivity index (χ0v) is 8.05. The Hall–Kier alpha value is -0.370. The summed E-state index contributed by atoms with van der Waals surface area (Å²) in [5.41, 5.74) is 0. The number of likely N-dealkylation sites (tertiary alicyclic amines) is 1. The molecule has 0 N–H and O–H groups in total. The first-order valence-corrected chi connectivity index (χ1v) is 4.86. The van der Waals surface area contributed by atoms with Gasteiger partial charge < -0.3 is 0 Å². The molecule has 2 nitrogen and oxygen atoms in total. The molecule has 0 aromatic rings. The summed E-state index contributed by atoms with van der Waals surface area (Å²) in [6.07, 6.45) is 6.43. The van der Waals surface area contributed by atoms with E-state index in [2.05, 4.69) is 18.7 Å². The molecule has 2 heteroatoms. The zero-order valence-electron chi connectivity index (χ0n) is 8.05. The largest absolute Gasteiger partial charge is 0.298 e. The topological polar surface area (TPSA) is 20.3 Å². The third kappa shape index (κ3) is 2.31. The van der Waals surface area contributed by atoms with Crippen molar-refractivity contribution < 1.29 is 4.79 Å². The fourth-order valence-electron chi connectivity index (χ4n) is 2.09. The van der Waals surface area contributed by atoms with Gasteiger partial charge in [-0.3, -0.25) is 9.69 Å². The van der Waals surface area contributed by atoms with E-state index < -0.39 is 0 Å². The molecule has 0 amide bonds. The van der Waals surface area contributed by atoms with Crippen molar-refractivity contribution in [1.29, 1.82) is 0 Å². The lowest BCUT2D eigenvalue weighted by molar-refractivity contribution is 0.107. The van der Waals surface area contributed by atoms with Crippen molar-refractivity contribution in [3.63, 3.8) is 0 Å². The average Bonchev–Trinajstić information content (AvgIpc) is 2.04. The number of rotatable bonds is 3. The van der Waals surface area contributed by atoms with E-state index in [-0.39, 0.29) is 0 Å². The molecule has 0 bridgehead atoms. The molecule has 0 aromatic carbocycles. The summed E-state index contributed by atoms with van der Waals surface area (Å²) in [7, 11) is 0. The maximum absolute atomic E-state index is 10.1. The SMILES string of the molecule is CC1CCCC(C)N1CC[C]=O. The number of hydrogen-bond acceptors (Lipinski definition) is 2. The predicted molar refractivity (Wildman–Crippen MR) is 49.8 cm³/mol. The molecule has 12 heavy (non-hydrogen) atoms. The maximum Gasteiger partial charge on any atom is 0.199 e. The molecule has 0 aromatic heterocycles. The molecule has 1 aliphatic heterocycles. The third-order valence-electron chi connectivity index (χ3n) is 2.85. The van der Waals surface area contributed by atoms with Crippen molar-refractivity contribution in [3.05, 3.63) is 0 Å². The number of carbonyl (C=O) groups excluding carboxylic acids is 1. The fourth-order valence-corrected chi connectivity index (χ4v) is 2.09. The lowest BCUT2D eigenvalue weighted by atomic mass is 9.97. The first-order valence-electron chi connectivity index (χ1n) is 4.86. The minimum atomic E-state index is 0.564. The van der Waals surface area contributed by atoms with Crippen LogP contribution in [0.5, 0.6) is 0 Å². The second-order valence-corrected chi connectivity index (χ2v) is 3.76. The Balaban J connectivity index is 2.39. The van der Waals surface area contributed by atoms with E-state index in [9.17, 15) is 4.79 Å². The third-order valence-corrected chi connectivity index (χ3v) is 2.85. The van der Waals surface area contributed by atoms with Crippen LogP contribution in [0.3, 0.4) is 0 Å². The number of hydrogen-bond donors (Lipinski definition) is 0. The van der Waals surface area contributed by atoms with Crippen molar-refractivity contribution in [2.45, 2.75) is 51.6 Å². The summed E-state index contributed by atoms with van der Waals surface area (Å²) in [6.45, 7) is 5.40. The van der Waals surface area contributed by atoms with Crippen LogP contribution in [0.1, 0.15) is 39.5 Å². The number of piperidine rings is 1. The van der Waals surface area contributed by atoms with Gasteiger partial charge in [0.25, 0.3) is 0 Å². The summed E-state index contributed by atoms with van der Waals surface area (Å²) in [5, 5.41) is 0. The Kier molecular flexibility index (Phi) is 3.73. The highest BCUT2D eigenvalue weighted by Crippen LogP contribution is 2.21. The van der Waals surface area contributed by atoms with E-state index in [1.54, 1.807) is 0 Å². The predicted octanol–water partition coefficient (Wildman–Crippen LogP) is 1.75. The second kappa shape index (κ2) is 4.61. The van der Waals surface area contributed by atoms with Crippen molar-refractivity contribution >= 4 is 6.29 Å². The highest BCUT2D eigenvalue weighted by Gasteiger charge is 2.23. The molecule has 2 unspecified atom stereocenters. The summed E-state index contributed by atoms with van der Waals surface area (Å²) < 4.78 is 0. The Labute approximate surface area is 74.9 Å². The first-order chi connectivity index (χ1) is 5.75. The van der Waals surface area contributed by atoms with E-state index >= 15 is 0 Å². The van der Waals surface area contributed by atoms with Gasteiger partial charge >= 0.3 is 0 Å². The van der Waals surface area contributed by atoms with Crippen molar-refractivity contribution in [3.8, 4) is 0 Å². The minimum absolute atomic E-state index is 0.564.